The fourth-order valence-corrected chi connectivity index (χ4v) is 3.35. The van der Waals surface area contributed by atoms with E-state index in [4.69, 9.17) is 16.2 Å². The lowest BCUT2D eigenvalue weighted by atomic mass is 10.0. The van der Waals surface area contributed by atoms with Gasteiger partial charge in [-0.25, -0.2) is 10.2 Å². The van der Waals surface area contributed by atoms with Gasteiger partial charge in [-0.15, -0.1) is 0 Å². The van der Waals surface area contributed by atoms with Crippen molar-refractivity contribution < 1.29 is 23.9 Å². The largest absolute Gasteiger partial charge is 0.497 e. The van der Waals surface area contributed by atoms with Crippen molar-refractivity contribution in [1.82, 2.24) is 21.5 Å². The highest BCUT2D eigenvalue weighted by Crippen LogP contribution is 2.14. The molecule has 0 fully saturated rings. The number of benzene rings is 2. The molecule has 0 aliphatic carbocycles. The third-order valence-corrected chi connectivity index (χ3v) is 5.50. The van der Waals surface area contributed by atoms with Crippen LogP contribution < -0.4 is 37.7 Å². The Morgan fingerprint density at radius 3 is 2.22 bits per heavy atom. The van der Waals surface area contributed by atoms with Gasteiger partial charge >= 0.3 is 6.03 Å². The van der Waals surface area contributed by atoms with E-state index < -0.39 is 41.9 Å². The summed E-state index contributed by atoms with van der Waals surface area (Å²) in [6.07, 6.45) is 1.24. The third kappa shape index (κ3) is 9.26. The fraction of sp³-hybridized carbons (Fsp3) is 0.360. The van der Waals surface area contributed by atoms with E-state index in [0.717, 1.165) is 11.1 Å². The number of aryl methyl sites for hydroxylation is 1. The summed E-state index contributed by atoms with van der Waals surface area (Å²) in [5.41, 5.74) is 17.3. The zero-order valence-electron chi connectivity index (χ0n) is 20.5. The van der Waals surface area contributed by atoms with Crippen LogP contribution in [0.1, 0.15) is 30.9 Å². The van der Waals surface area contributed by atoms with Gasteiger partial charge in [0.25, 0.3) is 5.91 Å². The van der Waals surface area contributed by atoms with E-state index in [2.05, 4.69) is 21.5 Å². The molecule has 0 saturated carbocycles. The average Bonchev–Trinajstić information content (AvgIpc) is 2.89. The summed E-state index contributed by atoms with van der Waals surface area (Å²) in [7, 11) is 1.53. The molecule has 0 aliphatic rings. The van der Waals surface area contributed by atoms with Gasteiger partial charge in [0.05, 0.1) is 13.2 Å². The fourth-order valence-electron chi connectivity index (χ4n) is 3.35. The molecule has 2 aromatic rings. The Kier molecular flexibility index (Phi) is 11.2. The summed E-state index contributed by atoms with van der Waals surface area (Å²) in [4.78, 5) is 49.5. The second kappa shape index (κ2) is 14.3. The van der Waals surface area contributed by atoms with Crippen molar-refractivity contribution in [3.05, 3.63) is 65.7 Å². The van der Waals surface area contributed by atoms with Crippen LogP contribution >= 0.6 is 0 Å². The van der Waals surface area contributed by atoms with Gasteiger partial charge in [0, 0.05) is 6.42 Å². The monoisotopic (exact) mass is 498 g/mol. The van der Waals surface area contributed by atoms with Crippen molar-refractivity contribution >= 4 is 23.8 Å². The molecule has 11 heteroatoms. The summed E-state index contributed by atoms with van der Waals surface area (Å²) in [5.74, 6) is -1.28. The van der Waals surface area contributed by atoms with Crippen LogP contribution in [-0.2, 0) is 27.2 Å². The molecular weight excluding hydrogens is 464 g/mol. The number of primary amides is 1. The Labute approximate surface area is 210 Å². The number of hydrazine groups is 1. The minimum Gasteiger partial charge on any atom is -0.497 e. The van der Waals surface area contributed by atoms with Crippen molar-refractivity contribution in [3.8, 4) is 5.75 Å². The lowest BCUT2D eigenvalue weighted by Gasteiger charge is -2.22. The molecule has 0 spiro atoms. The van der Waals surface area contributed by atoms with E-state index in [-0.39, 0.29) is 12.8 Å². The number of nitrogens with two attached hydrogens (primary N) is 2. The van der Waals surface area contributed by atoms with E-state index in [1.165, 1.54) is 7.11 Å². The average molecular weight is 499 g/mol. The third-order valence-electron chi connectivity index (χ3n) is 5.50. The number of nitrogens with one attached hydrogen (secondary N) is 4. The number of ether oxygens (including phenoxy) is 1. The van der Waals surface area contributed by atoms with Gasteiger partial charge in [0.1, 0.15) is 17.8 Å². The molecule has 0 saturated heterocycles. The Bertz CT molecular complexity index is 1030. The summed E-state index contributed by atoms with van der Waals surface area (Å²) < 4.78 is 5.20. The first-order valence-corrected chi connectivity index (χ1v) is 11.6. The van der Waals surface area contributed by atoms with Crippen LogP contribution in [0.25, 0.3) is 0 Å². The van der Waals surface area contributed by atoms with Crippen molar-refractivity contribution in [2.24, 2.45) is 11.5 Å². The molecule has 2 rings (SSSR count). The second-order valence-electron chi connectivity index (χ2n) is 8.20. The first-order chi connectivity index (χ1) is 17.2. The quantitative estimate of drug-likeness (QED) is 0.229. The van der Waals surface area contributed by atoms with Crippen LogP contribution in [-0.4, -0.2) is 49.0 Å². The molecule has 0 aliphatic heterocycles. The maximum Gasteiger partial charge on any atom is 0.334 e. The van der Waals surface area contributed by atoms with Crippen LogP contribution in [0, 0.1) is 0 Å². The number of hydrogen-bond acceptors (Lipinski definition) is 6. The molecule has 0 bridgehead atoms. The number of amides is 5. The van der Waals surface area contributed by atoms with Gasteiger partial charge in [-0.2, -0.15) is 0 Å². The highest BCUT2D eigenvalue weighted by atomic mass is 16.5. The van der Waals surface area contributed by atoms with Crippen LogP contribution in [0.4, 0.5) is 4.79 Å². The number of rotatable bonds is 12. The normalized spacial score (nSPS) is 13.0. The summed E-state index contributed by atoms with van der Waals surface area (Å²) >= 11 is 0. The maximum atomic E-state index is 13.1. The summed E-state index contributed by atoms with van der Waals surface area (Å²) in [6.45, 7) is 1.73. The van der Waals surface area contributed by atoms with Crippen molar-refractivity contribution in [1.29, 1.82) is 0 Å². The van der Waals surface area contributed by atoms with Gasteiger partial charge in [-0.05, 0) is 42.5 Å². The second-order valence-corrected chi connectivity index (χ2v) is 8.20. The van der Waals surface area contributed by atoms with E-state index in [9.17, 15) is 19.2 Å². The molecule has 5 amide bonds. The van der Waals surface area contributed by atoms with Crippen molar-refractivity contribution in [2.75, 3.05) is 7.11 Å². The molecule has 11 nitrogen and oxygen atoms in total. The Morgan fingerprint density at radius 1 is 0.889 bits per heavy atom. The van der Waals surface area contributed by atoms with Gasteiger partial charge < -0.3 is 26.8 Å². The Morgan fingerprint density at radius 2 is 1.58 bits per heavy atom. The highest BCUT2D eigenvalue weighted by molar-refractivity contribution is 5.92. The molecule has 0 unspecified atom stereocenters. The zero-order chi connectivity index (χ0) is 26.5. The Hall–Kier alpha value is -4.12. The number of methoxy groups -OCH3 is 1. The van der Waals surface area contributed by atoms with Crippen LogP contribution in [0.2, 0.25) is 0 Å². The molecule has 3 atom stereocenters. The molecule has 0 heterocycles. The van der Waals surface area contributed by atoms with Gasteiger partial charge in [-0.3, -0.25) is 19.8 Å². The van der Waals surface area contributed by atoms with Crippen molar-refractivity contribution in [3.63, 3.8) is 0 Å². The van der Waals surface area contributed by atoms with Crippen molar-refractivity contribution in [2.45, 2.75) is 50.7 Å². The van der Waals surface area contributed by atoms with E-state index in [1.54, 1.807) is 31.2 Å². The molecule has 2 aromatic carbocycles. The minimum atomic E-state index is -1.02. The molecule has 0 aromatic heterocycles. The van der Waals surface area contributed by atoms with Crippen LogP contribution in [0.15, 0.2) is 54.6 Å². The lowest BCUT2D eigenvalue weighted by molar-refractivity contribution is -0.128. The lowest BCUT2D eigenvalue weighted by Crippen LogP contribution is -2.58. The minimum absolute atomic E-state index is 0.140. The maximum absolute atomic E-state index is 13.1. The first-order valence-electron chi connectivity index (χ1n) is 11.6. The van der Waals surface area contributed by atoms with Gasteiger partial charge in [-0.1, -0.05) is 49.4 Å². The molecule has 8 N–H and O–H groups in total. The smallest absolute Gasteiger partial charge is 0.334 e. The van der Waals surface area contributed by atoms with E-state index in [1.807, 2.05) is 30.3 Å². The molecule has 36 heavy (non-hydrogen) atoms. The topological polar surface area (TPSA) is 178 Å². The molecular formula is C25H34N6O5. The first kappa shape index (κ1) is 28.1. The van der Waals surface area contributed by atoms with Crippen LogP contribution in [0.3, 0.4) is 0 Å². The zero-order valence-corrected chi connectivity index (χ0v) is 20.5. The van der Waals surface area contributed by atoms with Gasteiger partial charge in [0.15, 0.2) is 0 Å². The molecule has 194 valence electrons. The van der Waals surface area contributed by atoms with E-state index in [0.29, 0.717) is 18.6 Å². The standard InChI is InChI=1S/C25H34N6O5/c1-3-19(26)23(33)30-31-25(35)29-20(13-12-16-8-5-4-6-9-16)24(34)28-21(22(27)32)15-17-10-7-11-18(14-17)36-2/h4-11,14,19-21H,3,12-13,15,26H2,1-2H3,(H2,27,32)(H,28,34)(H,30,33)(H2,29,31,35)/t19-,20+,21+/m1/s1. The summed E-state index contributed by atoms with van der Waals surface area (Å²) in [5, 5.41) is 5.17. The predicted octanol–water partition coefficient (Wildman–Crippen LogP) is 0.277. The van der Waals surface area contributed by atoms with Crippen LogP contribution in [0.5, 0.6) is 5.75 Å². The Balaban J connectivity index is 2.10. The number of carbonyl (C=O) groups is 4. The predicted molar refractivity (Wildman–Crippen MR) is 134 cm³/mol. The van der Waals surface area contributed by atoms with E-state index >= 15 is 0 Å². The number of carbonyl (C=O) groups excluding carboxylic acids is 4. The SMILES string of the molecule is CC[C@@H](N)C(=O)NNC(=O)N[C@@H](CCc1ccccc1)C(=O)N[C@@H](Cc1cccc(OC)c1)C(N)=O. The van der Waals surface area contributed by atoms with Gasteiger partial charge in [0.2, 0.25) is 11.8 Å². The molecule has 0 radical (unpaired) electrons. The number of hydrogen-bond donors (Lipinski definition) is 6. The number of urea groups is 1. The summed E-state index contributed by atoms with van der Waals surface area (Å²) in [6, 6.07) is 12.8. The highest BCUT2D eigenvalue weighted by Gasteiger charge is 2.26.